The summed E-state index contributed by atoms with van der Waals surface area (Å²) in [5.74, 6) is -0.286. The third-order valence-electron chi connectivity index (χ3n) is 1.22. The first-order valence-electron chi connectivity index (χ1n) is 3.11. The molecule has 0 bridgehead atoms. The molecule has 0 fully saturated rings. The van der Waals surface area contributed by atoms with Crippen molar-refractivity contribution < 1.29 is 10.3 Å². The number of benzene rings is 1. The topological polar surface area (TPSA) is 74.6 Å². The monoisotopic (exact) mass is 153 g/mol. The van der Waals surface area contributed by atoms with Gasteiger partial charge < -0.3 is 11.2 Å². The average molecular weight is 153 g/mol. The lowest BCUT2D eigenvalue weighted by molar-refractivity contribution is -0.117. The van der Waals surface area contributed by atoms with E-state index in [0.717, 1.165) is 5.56 Å². The molecular weight excluding hydrogens is 142 g/mol. The van der Waals surface area contributed by atoms with Crippen LogP contribution in [0.25, 0.3) is 0 Å². The fourth-order valence-corrected chi connectivity index (χ4v) is 0.797. The van der Waals surface area contributed by atoms with Gasteiger partial charge in [0.2, 0.25) is 5.91 Å². The van der Waals surface area contributed by atoms with Crippen molar-refractivity contribution >= 4 is 5.91 Å². The number of primary amides is 1. The molecule has 11 heavy (non-hydrogen) atoms. The lowest BCUT2D eigenvalue weighted by Gasteiger charge is -1.93. The Morgan fingerprint density at radius 2 is 1.82 bits per heavy atom. The van der Waals surface area contributed by atoms with Crippen molar-refractivity contribution in [3.8, 4) is 0 Å². The summed E-state index contributed by atoms with van der Waals surface area (Å²) >= 11 is 0. The minimum Gasteiger partial charge on any atom is -0.412 e. The Kier molecular flexibility index (Phi) is 3.92. The second kappa shape index (κ2) is 4.46. The van der Waals surface area contributed by atoms with Crippen LogP contribution >= 0.6 is 0 Å². The highest BCUT2D eigenvalue weighted by molar-refractivity contribution is 5.76. The molecule has 3 heteroatoms. The zero-order valence-corrected chi connectivity index (χ0v) is 6.08. The molecule has 1 aromatic carbocycles. The maximum absolute atomic E-state index is 10.4. The van der Waals surface area contributed by atoms with E-state index in [0.29, 0.717) is 6.42 Å². The number of hydrogen-bond acceptors (Lipinski definition) is 1. The van der Waals surface area contributed by atoms with E-state index in [4.69, 9.17) is 5.73 Å². The molecule has 0 heterocycles. The molecule has 1 aromatic rings. The Balaban J connectivity index is 0.000001000. The summed E-state index contributed by atoms with van der Waals surface area (Å²) in [6.07, 6.45) is 0.334. The quantitative estimate of drug-likeness (QED) is 0.632. The average Bonchev–Trinajstić information content (AvgIpc) is 1.88. The number of nitrogens with two attached hydrogens (primary N) is 1. The molecular formula is C8H11NO2. The van der Waals surface area contributed by atoms with Crippen LogP contribution in [-0.4, -0.2) is 11.4 Å². The summed E-state index contributed by atoms with van der Waals surface area (Å²) in [5.41, 5.74) is 5.95. The van der Waals surface area contributed by atoms with Crippen LogP contribution in [0, 0.1) is 0 Å². The predicted octanol–water partition coefficient (Wildman–Crippen LogP) is -0.110. The maximum atomic E-state index is 10.4. The number of carbonyl (C=O) groups excluding carboxylic acids is 1. The van der Waals surface area contributed by atoms with Crippen molar-refractivity contribution in [3.05, 3.63) is 35.9 Å². The number of amides is 1. The van der Waals surface area contributed by atoms with Crippen LogP contribution in [0.5, 0.6) is 0 Å². The highest BCUT2D eigenvalue weighted by Gasteiger charge is 1.94. The molecule has 0 atom stereocenters. The van der Waals surface area contributed by atoms with E-state index in [1.807, 2.05) is 30.3 Å². The third-order valence-corrected chi connectivity index (χ3v) is 1.22. The van der Waals surface area contributed by atoms with Gasteiger partial charge in [0.05, 0.1) is 6.42 Å². The first-order chi connectivity index (χ1) is 4.79. The molecule has 60 valence electrons. The SMILES string of the molecule is NC(=O)Cc1ccccc1.O. The van der Waals surface area contributed by atoms with Gasteiger partial charge in [-0.25, -0.2) is 0 Å². The van der Waals surface area contributed by atoms with Crippen LogP contribution in [0.1, 0.15) is 5.56 Å². The summed E-state index contributed by atoms with van der Waals surface area (Å²) in [7, 11) is 0. The van der Waals surface area contributed by atoms with Gasteiger partial charge in [0, 0.05) is 0 Å². The van der Waals surface area contributed by atoms with Crippen LogP contribution in [0.4, 0.5) is 0 Å². The molecule has 0 unspecified atom stereocenters. The summed E-state index contributed by atoms with van der Waals surface area (Å²) in [5, 5.41) is 0. The largest absolute Gasteiger partial charge is 0.412 e. The molecule has 0 aromatic heterocycles. The van der Waals surface area contributed by atoms with E-state index < -0.39 is 0 Å². The Morgan fingerprint density at radius 3 is 2.27 bits per heavy atom. The number of rotatable bonds is 2. The second-order valence-corrected chi connectivity index (χ2v) is 2.13. The first kappa shape index (κ1) is 9.65. The zero-order valence-electron chi connectivity index (χ0n) is 6.08. The van der Waals surface area contributed by atoms with E-state index in [-0.39, 0.29) is 11.4 Å². The van der Waals surface area contributed by atoms with Crippen molar-refractivity contribution in [1.82, 2.24) is 0 Å². The second-order valence-electron chi connectivity index (χ2n) is 2.13. The van der Waals surface area contributed by atoms with E-state index in [2.05, 4.69) is 0 Å². The van der Waals surface area contributed by atoms with E-state index in [1.54, 1.807) is 0 Å². The number of carbonyl (C=O) groups is 1. The summed E-state index contributed by atoms with van der Waals surface area (Å²) in [4.78, 5) is 10.4. The minimum absolute atomic E-state index is 0. The lowest BCUT2D eigenvalue weighted by atomic mass is 10.1. The van der Waals surface area contributed by atoms with Gasteiger partial charge in [0.1, 0.15) is 0 Å². The smallest absolute Gasteiger partial charge is 0.221 e. The van der Waals surface area contributed by atoms with Crippen molar-refractivity contribution in [3.63, 3.8) is 0 Å². The molecule has 0 spiro atoms. The lowest BCUT2D eigenvalue weighted by Crippen LogP contribution is -2.13. The van der Waals surface area contributed by atoms with Crippen LogP contribution in [-0.2, 0) is 11.2 Å². The molecule has 0 aliphatic rings. The number of hydrogen-bond donors (Lipinski definition) is 1. The van der Waals surface area contributed by atoms with Crippen LogP contribution in [0.15, 0.2) is 30.3 Å². The van der Waals surface area contributed by atoms with Crippen LogP contribution in [0.2, 0.25) is 0 Å². The maximum Gasteiger partial charge on any atom is 0.221 e. The summed E-state index contributed by atoms with van der Waals surface area (Å²) in [6, 6.07) is 9.44. The van der Waals surface area contributed by atoms with Gasteiger partial charge in [-0.3, -0.25) is 4.79 Å². The Labute approximate surface area is 65.1 Å². The molecule has 4 N–H and O–H groups in total. The van der Waals surface area contributed by atoms with Crippen LogP contribution < -0.4 is 5.73 Å². The highest BCUT2D eigenvalue weighted by Crippen LogP contribution is 1.97. The van der Waals surface area contributed by atoms with E-state index >= 15 is 0 Å². The highest BCUT2D eigenvalue weighted by atomic mass is 16.1. The van der Waals surface area contributed by atoms with E-state index in [9.17, 15) is 4.79 Å². The zero-order chi connectivity index (χ0) is 7.40. The van der Waals surface area contributed by atoms with Gasteiger partial charge in [-0.1, -0.05) is 30.3 Å². The van der Waals surface area contributed by atoms with Crippen LogP contribution in [0.3, 0.4) is 0 Å². The molecule has 0 saturated heterocycles. The standard InChI is InChI=1S/C8H9NO.H2O/c9-8(10)6-7-4-2-1-3-5-7;/h1-5H,6H2,(H2,9,10);1H2. The van der Waals surface area contributed by atoms with Gasteiger partial charge in [0.15, 0.2) is 0 Å². The molecule has 1 rings (SSSR count). The Morgan fingerprint density at radius 1 is 1.27 bits per heavy atom. The Hall–Kier alpha value is -1.35. The Bertz CT molecular complexity index is 221. The summed E-state index contributed by atoms with van der Waals surface area (Å²) in [6.45, 7) is 0. The molecule has 0 aliphatic carbocycles. The van der Waals surface area contributed by atoms with Crippen molar-refractivity contribution in [2.75, 3.05) is 0 Å². The summed E-state index contributed by atoms with van der Waals surface area (Å²) < 4.78 is 0. The van der Waals surface area contributed by atoms with Gasteiger partial charge in [0.25, 0.3) is 0 Å². The van der Waals surface area contributed by atoms with Gasteiger partial charge >= 0.3 is 0 Å². The van der Waals surface area contributed by atoms with Crippen molar-refractivity contribution in [1.29, 1.82) is 0 Å². The molecule has 0 aliphatic heterocycles. The van der Waals surface area contributed by atoms with Crippen molar-refractivity contribution in [2.24, 2.45) is 5.73 Å². The third kappa shape index (κ3) is 3.37. The van der Waals surface area contributed by atoms with Gasteiger partial charge in [-0.05, 0) is 5.56 Å². The normalized spacial score (nSPS) is 8.36. The molecule has 0 radical (unpaired) electrons. The predicted molar refractivity (Wildman–Crippen MR) is 43.0 cm³/mol. The molecule has 1 amide bonds. The van der Waals surface area contributed by atoms with Gasteiger partial charge in [-0.2, -0.15) is 0 Å². The first-order valence-corrected chi connectivity index (χ1v) is 3.11. The van der Waals surface area contributed by atoms with E-state index in [1.165, 1.54) is 0 Å². The molecule has 0 saturated carbocycles. The van der Waals surface area contributed by atoms with Crippen molar-refractivity contribution in [2.45, 2.75) is 6.42 Å². The minimum atomic E-state index is -0.286. The fraction of sp³-hybridized carbons (Fsp3) is 0.125. The molecule has 3 nitrogen and oxygen atoms in total. The van der Waals surface area contributed by atoms with Gasteiger partial charge in [-0.15, -0.1) is 0 Å². The fourth-order valence-electron chi connectivity index (χ4n) is 0.797.